The van der Waals surface area contributed by atoms with Gasteiger partial charge in [0.2, 0.25) is 5.91 Å². The van der Waals surface area contributed by atoms with Gasteiger partial charge < -0.3 is 20.3 Å². The zero-order chi connectivity index (χ0) is 49.3. The van der Waals surface area contributed by atoms with Gasteiger partial charge in [-0.1, -0.05) is 296 Å². The van der Waals surface area contributed by atoms with Gasteiger partial charge in [0, 0.05) is 12.8 Å². The number of carbonyl (C=O) groups is 2. The molecule has 0 aromatic heterocycles. The van der Waals surface area contributed by atoms with E-state index >= 15 is 0 Å². The maximum absolute atomic E-state index is 12.5. The van der Waals surface area contributed by atoms with E-state index in [2.05, 4.69) is 31.3 Å². The van der Waals surface area contributed by atoms with Crippen LogP contribution in [0.25, 0.3) is 0 Å². The highest BCUT2D eigenvalue weighted by molar-refractivity contribution is 5.76. The summed E-state index contributed by atoms with van der Waals surface area (Å²) in [7, 11) is 0. The Morgan fingerprint density at radius 2 is 0.691 bits per heavy atom. The lowest BCUT2D eigenvalue weighted by atomic mass is 10.0. The molecule has 404 valence electrons. The van der Waals surface area contributed by atoms with Crippen molar-refractivity contribution in [1.29, 1.82) is 0 Å². The summed E-state index contributed by atoms with van der Waals surface area (Å²) in [6.07, 6.45) is 69.2. The van der Waals surface area contributed by atoms with Crippen molar-refractivity contribution in [2.24, 2.45) is 0 Å². The van der Waals surface area contributed by atoms with Crippen LogP contribution in [0.2, 0.25) is 0 Å². The molecule has 6 nitrogen and oxygen atoms in total. The van der Waals surface area contributed by atoms with E-state index in [4.69, 9.17) is 4.74 Å². The summed E-state index contributed by atoms with van der Waals surface area (Å²) >= 11 is 0. The number of amides is 1. The number of aliphatic hydroxyl groups is 2. The number of rotatable bonds is 58. The molecule has 0 aliphatic heterocycles. The zero-order valence-electron chi connectivity index (χ0n) is 46.1. The minimum atomic E-state index is -0.677. The van der Waals surface area contributed by atoms with Crippen molar-refractivity contribution in [2.45, 2.75) is 360 Å². The molecule has 0 heterocycles. The van der Waals surface area contributed by atoms with Gasteiger partial charge in [-0.3, -0.25) is 9.59 Å². The van der Waals surface area contributed by atoms with E-state index < -0.39 is 12.1 Å². The first-order valence-corrected chi connectivity index (χ1v) is 30.9. The Balaban J connectivity index is 3.44. The van der Waals surface area contributed by atoms with Crippen molar-refractivity contribution >= 4 is 11.9 Å². The van der Waals surface area contributed by atoms with E-state index in [1.807, 2.05) is 0 Å². The molecule has 1 amide bonds. The van der Waals surface area contributed by atoms with Gasteiger partial charge in [0.05, 0.1) is 25.4 Å². The van der Waals surface area contributed by atoms with Gasteiger partial charge in [-0.15, -0.1) is 0 Å². The third-order valence-corrected chi connectivity index (χ3v) is 14.6. The van der Waals surface area contributed by atoms with Gasteiger partial charge in [-0.05, 0) is 51.4 Å². The molecule has 0 saturated carbocycles. The van der Waals surface area contributed by atoms with Crippen LogP contribution in [0.1, 0.15) is 348 Å². The third-order valence-electron chi connectivity index (χ3n) is 14.6. The molecule has 0 aromatic carbocycles. The minimum Gasteiger partial charge on any atom is -0.466 e. The summed E-state index contributed by atoms with van der Waals surface area (Å²) < 4.78 is 5.48. The van der Waals surface area contributed by atoms with Crippen LogP contribution in [0, 0.1) is 0 Å². The van der Waals surface area contributed by atoms with E-state index in [0.717, 1.165) is 57.8 Å². The number of ether oxygens (including phenoxy) is 1. The summed E-state index contributed by atoms with van der Waals surface area (Å²) in [6, 6.07) is -0.556. The van der Waals surface area contributed by atoms with Gasteiger partial charge in [0.1, 0.15) is 0 Å². The molecule has 3 N–H and O–H groups in total. The van der Waals surface area contributed by atoms with Crippen molar-refractivity contribution in [3.63, 3.8) is 0 Å². The quantitative estimate of drug-likeness (QED) is 0.0321. The van der Waals surface area contributed by atoms with Crippen LogP contribution < -0.4 is 5.32 Å². The van der Waals surface area contributed by atoms with Crippen molar-refractivity contribution in [3.8, 4) is 0 Å². The molecule has 0 aliphatic rings. The largest absolute Gasteiger partial charge is 0.466 e. The normalized spacial score (nSPS) is 12.6. The van der Waals surface area contributed by atoms with Crippen LogP contribution >= 0.6 is 0 Å². The highest BCUT2D eigenvalue weighted by Crippen LogP contribution is 2.18. The molecule has 0 aliphatic carbocycles. The molecule has 2 atom stereocenters. The second kappa shape index (κ2) is 58.2. The number of aliphatic hydroxyl groups excluding tert-OH is 2. The van der Waals surface area contributed by atoms with E-state index in [9.17, 15) is 19.8 Å². The number of hydrogen-bond acceptors (Lipinski definition) is 5. The van der Waals surface area contributed by atoms with Crippen LogP contribution in [-0.4, -0.2) is 47.4 Å². The van der Waals surface area contributed by atoms with Crippen LogP contribution in [0.15, 0.2) is 12.2 Å². The lowest BCUT2D eigenvalue weighted by molar-refractivity contribution is -0.143. The number of esters is 1. The Morgan fingerprint density at radius 1 is 0.397 bits per heavy atom. The summed E-state index contributed by atoms with van der Waals surface area (Å²) in [5.74, 6) is -0.0624. The summed E-state index contributed by atoms with van der Waals surface area (Å²) in [5, 5.41) is 23.4. The number of allylic oxidation sites excluding steroid dienone is 2. The Bertz CT molecular complexity index is 1020. The van der Waals surface area contributed by atoms with Gasteiger partial charge >= 0.3 is 5.97 Å². The predicted octanol–water partition coefficient (Wildman–Crippen LogP) is 19.2. The Kier molecular flexibility index (Phi) is 57.0. The van der Waals surface area contributed by atoms with Crippen molar-refractivity contribution in [3.05, 3.63) is 12.2 Å². The van der Waals surface area contributed by atoms with Crippen LogP contribution in [-0.2, 0) is 14.3 Å². The molecular weight excluding hydrogens is 839 g/mol. The maximum atomic E-state index is 12.5. The molecule has 6 heteroatoms. The van der Waals surface area contributed by atoms with Crippen molar-refractivity contribution in [1.82, 2.24) is 5.32 Å². The number of carbonyl (C=O) groups excluding carboxylic acids is 2. The summed E-state index contributed by atoms with van der Waals surface area (Å²) in [4.78, 5) is 24.6. The smallest absolute Gasteiger partial charge is 0.305 e. The van der Waals surface area contributed by atoms with Gasteiger partial charge in [-0.25, -0.2) is 0 Å². The fraction of sp³-hybridized carbons (Fsp3) is 0.935. The standard InChI is InChI=1S/C62H121NO5/c1-3-5-7-9-11-13-15-17-19-21-23-24-26-27-29-31-34-38-42-46-50-54-60(65)59(58-64)63-61(66)55-51-47-43-39-35-33-37-41-45-49-53-57-68-62(67)56-52-48-44-40-36-32-30-28-25-22-20-18-16-14-12-10-8-6-4-2/h18,20,59-60,64-65H,3-17,19,21-58H2,1-2H3,(H,63,66)/b20-18-. The predicted molar refractivity (Wildman–Crippen MR) is 297 cm³/mol. The molecule has 0 bridgehead atoms. The molecule has 2 unspecified atom stereocenters. The van der Waals surface area contributed by atoms with E-state index in [0.29, 0.717) is 25.9 Å². The lowest BCUT2D eigenvalue weighted by Crippen LogP contribution is -2.45. The Morgan fingerprint density at radius 3 is 1.04 bits per heavy atom. The van der Waals surface area contributed by atoms with Crippen LogP contribution in [0.3, 0.4) is 0 Å². The second-order valence-corrected chi connectivity index (χ2v) is 21.4. The molecule has 0 fully saturated rings. The first-order chi connectivity index (χ1) is 33.5. The fourth-order valence-electron chi connectivity index (χ4n) is 9.81. The SMILES string of the molecule is CCCCCCCC/C=C\CCCCCCCCCCCC(=O)OCCCCCCCCCCCCCC(=O)NC(CO)C(O)CCCCCCCCCCCCCCCCCCCCCCC. The van der Waals surface area contributed by atoms with E-state index in [-0.39, 0.29) is 18.5 Å². The first-order valence-electron chi connectivity index (χ1n) is 30.9. The van der Waals surface area contributed by atoms with Gasteiger partial charge in [0.15, 0.2) is 0 Å². The Labute approximate surface area is 425 Å². The molecule has 0 spiro atoms. The van der Waals surface area contributed by atoms with Crippen molar-refractivity contribution < 1.29 is 24.5 Å². The number of unbranched alkanes of at least 4 members (excludes halogenated alkanes) is 45. The summed E-state index contributed by atoms with van der Waals surface area (Å²) in [6.45, 7) is 4.94. The van der Waals surface area contributed by atoms with E-state index in [1.54, 1.807) is 0 Å². The first kappa shape index (κ1) is 66.6. The summed E-state index contributed by atoms with van der Waals surface area (Å²) in [5.41, 5.74) is 0. The number of hydrogen-bond donors (Lipinski definition) is 3. The molecule has 0 saturated heterocycles. The third kappa shape index (κ3) is 53.9. The van der Waals surface area contributed by atoms with Gasteiger partial charge in [0.25, 0.3) is 0 Å². The maximum Gasteiger partial charge on any atom is 0.305 e. The fourth-order valence-corrected chi connectivity index (χ4v) is 9.81. The highest BCUT2D eigenvalue weighted by Gasteiger charge is 2.20. The molecule has 0 aromatic rings. The molecule has 68 heavy (non-hydrogen) atoms. The van der Waals surface area contributed by atoms with Crippen molar-refractivity contribution in [2.75, 3.05) is 13.2 Å². The van der Waals surface area contributed by atoms with Crippen LogP contribution in [0.5, 0.6) is 0 Å². The highest BCUT2D eigenvalue weighted by atomic mass is 16.5. The minimum absolute atomic E-state index is 0.0126. The number of nitrogens with one attached hydrogen (secondary N) is 1. The second-order valence-electron chi connectivity index (χ2n) is 21.4. The average molecular weight is 961 g/mol. The average Bonchev–Trinajstić information content (AvgIpc) is 3.34. The van der Waals surface area contributed by atoms with E-state index in [1.165, 1.54) is 257 Å². The zero-order valence-corrected chi connectivity index (χ0v) is 46.1. The van der Waals surface area contributed by atoms with Gasteiger partial charge in [-0.2, -0.15) is 0 Å². The molecule has 0 radical (unpaired) electrons. The van der Waals surface area contributed by atoms with Crippen LogP contribution in [0.4, 0.5) is 0 Å². The molecular formula is C62H121NO5. The topological polar surface area (TPSA) is 95.9 Å². The monoisotopic (exact) mass is 960 g/mol. The molecule has 0 rings (SSSR count). The Hall–Kier alpha value is -1.40. The lowest BCUT2D eigenvalue weighted by Gasteiger charge is -2.22.